The molecule has 2 aromatic heterocycles. The third-order valence-electron chi connectivity index (χ3n) is 4.05. The van der Waals surface area contributed by atoms with Crippen molar-refractivity contribution in [2.24, 2.45) is 0 Å². The fourth-order valence-electron chi connectivity index (χ4n) is 3.03. The van der Waals surface area contributed by atoms with E-state index in [0.717, 1.165) is 0 Å². The quantitative estimate of drug-likeness (QED) is 0.327. The van der Waals surface area contributed by atoms with Crippen LogP contribution >= 0.6 is 23.2 Å². The van der Waals surface area contributed by atoms with E-state index in [1.165, 1.54) is 6.07 Å². The Hall–Kier alpha value is -3.04. The van der Waals surface area contributed by atoms with Crippen molar-refractivity contribution in [3.8, 4) is 0 Å². The van der Waals surface area contributed by atoms with Gasteiger partial charge in [-0.3, -0.25) is 24.5 Å². The molecule has 0 radical (unpaired) electrons. The van der Waals surface area contributed by atoms with E-state index in [-0.39, 0.29) is 27.8 Å². The molecule has 1 aliphatic rings. The van der Waals surface area contributed by atoms with E-state index >= 15 is 0 Å². The number of halogens is 2. The summed E-state index contributed by atoms with van der Waals surface area (Å²) < 4.78 is 0. The van der Waals surface area contributed by atoms with Gasteiger partial charge in [-0.1, -0.05) is 29.3 Å². The summed E-state index contributed by atoms with van der Waals surface area (Å²) in [6.45, 7) is 0. The van der Waals surface area contributed by atoms with Crippen molar-refractivity contribution in [2.75, 3.05) is 5.32 Å². The summed E-state index contributed by atoms with van der Waals surface area (Å²) in [5.41, 5.74) is -2.20. The molecule has 26 heavy (non-hydrogen) atoms. The molecule has 4 rings (SSSR count). The van der Waals surface area contributed by atoms with Gasteiger partial charge < -0.3 is 10.3 Å². The Morgan fingerprint density at radius 3 is 2.27 bits per heavy atom. The molecule has 5 N–H and O–H groups in total. The summed E-state index contributed by atoms with van der Waals surface area (Å²) in [7, 11) is 0. The Balaban J connectivity index is 2.14. The van der Waals surface area contributed by atoms with E-state index in [1.807, 2.05) is 0 Å². The molecule has 11 heteroatoms. The number of fused-ring (bicyclic) bond motifs is 2. The average Bonchev–Trinajstić information content (AvgIpc) is 2.54. The molecule has 0 saturated carbocycles. The number of hydrogen-bond donors (Lipinski definition) is 5. The zero-order chi connectivity index (χ0) is 18.6. The van der Waals surface area contributed by atoms with Crippen molar-refractivity contribution >= 4 is 34.7 Å². The lowest BCUT2D eigenvalue weighted by Crippen LogP contribution is -2.36. The predicted molar refractivity (Wildman–Crippen MR) is 96.1 cm³/mol. The Labute approximate surface area is 153 Å². The second-order valence-electron chi connectivity index (χ2n) is 5.62. The molecule has 1 unspecified atom stereocenters. The number of nitrogens with one attached hydrogen (secondary N) is 5. The minimum absolute atomic E-state index is 0.00522. The van der Waals surface area contributed by atoms with E-state index in [2.05, 4.69) is 25.3 Å². The number of anilines is 2. The second kappa shape index (κ2) is 5.75. The highest BCUT2D eigenvalue weighted by molar-refractivity contribution is 6.35. The van der Waals surface area contributed by atoms with E-state index < -0.39 is 28.4 Å². The first-order valence-corrected chi connectivity index (χ1v) is 8.05. The van der Waals surface area contributed by atoms with Gasteiger partial charge in [0, 0.05) is 10.0 Å². The highest BCUT2D eigenvalue weighted by Crippen LogP contribution is 2.41. The number of aromatic amines is 4. The maximum atomic E-state index is 12.5. The Kier molecular flexibility index (Phi) is 3.63. The fourth-order valence-corrected chi connectivity index (χ4v) is 3.55. The summed E-state index contributed by atoms with van der Waals surface area (Å²) in [6, 6.07) is 4.62. The number of H-pyrrole nitrogens is 4. The predicted octanol–water partition coefficient (Wildman–Crippen LogP) is 0.984. The van der Waals surface area contributed by atoms with E-state index in [1.54, 1.807) is 12.1 Å². The molecule has 3 aromatic rings. The Morgan fingerprint density at radius 1 is 0.846 bits per heavy atom. The van der Waals surface area contributed by atoms with Gasteiger partial charge >= 0.3 is 11.4 Å². The molecule has 9 nitrogen and oxygen atoms in total. The van der Waals surface area contributed by atoms with Gasteiger partial charge in [-0.25, -0.2) is 9.59 Å². The topological polar surface area (TPSA) is 143 Å². The van der Waals surface area contributed by atoms with Crippen molar-refractivity contribution in [3.63, 3.8) is 0 Å². The summed E-state index contributed by atoms with van der Waals surface area (Å²) in [5.74, 6) is -0.860. The van der Waals surface area contributed by atoms with E-state index in [4.69, 9.17) is 23.2 Å². The van der Waals surface area contributed by atoms with Crippen LogP contribution in [0.3, 0.4) is 0 Å². The van der Waals surface area contributed by atoms with Crippen molar-refractivity contribution in [2.45, 2.75) is 5.92 Å². The average molecular weight is 394 g/mol. The van der Waals surface area contributed by atoms with E-state index in [0.29, 0.717) is 10.6 Å². The van der Waals surface area contributed by atoms with Crippen LogP contribution in [0.25, 0.3) is 0 Å². The summed E-state index contributed by atoms with van der Waals surface area (Å²) >= 11 is 12.2. The molecule has 0 amide bonds. The molecule has 1 aromatic carbocycles. The van der Waals surface area contributed by atoms with Crippen molar-refractivity contribution in [1.29, 1.82) is 0 Å². The highest BCUT2D eigenvalue weighted by Gasteiger charge is 2.34. The molecule has 0 bridgehead atoms. The van der Waals surface area contributed by atoms with E-state index in [9.17, 15) is 19.2 Å². The van der Waals surface area contributed by atoms with Crippen LogP contribution in [0.5, 0.6) is 0 Å². The first kappa shape index (κ1) is 16.4. The third kappa shape index (κ3) is 2.49. The van der Waals surface area contributed by atoms with Crippen LogP contribution in [-0.4, -0.2) is 19.9 Å². The van der Waals surface area contributed by atoms with Crippen LogP contribution in [0, 0.1) is 0 Å². The largest absolute Gasteiger partial charge is 0.335 e. The summed E-state index contributed by atoms with van der Waals surface area (Å²) in [6.07, 6.45) is 0. The minimum atomic E-state index is -0.901. The van der Waals surface area contributed by atoms with Crippen LogP contribution in [0.4, 0.5) is 11.5 Å². The molecule has 0 fully saturated rings. The van der Waals surface area contributed by atoms with Crippen LogP contribution in [0.2, 0.25) is 10.0 Å². The Bertz CT molecular complexity index is 1290. The normalized spacial score (nSPS) is 15.1. The van der Waals surface area contributed by atoms with Gasteiger partial charge in [-0.15, -0.1) is 0 Å². The molecule has 3 heterocycles. The first-order valence-electron chi connectivity index (χ1n) is 7.30. The number of benzene rings is 1. The van der Waals surface area contributed by atoms with Crippen molar-refractivity contribution < 1.29 is 0 Å². The molecule has 0 aliphatic carbocycles. The standard InChI is InChI=1S/C15H9Cl2N5O4/c16-4-1-2-5(6(17)3-4)7-8-11(20-15(26)21-12(8)23)18-10-9(7)19-14(25)22-13(10)24/h1-3,7H,(H2,19,22,24,25)(H3,18,20,21,23,26). The van der Waals surface area contributed by atoms with Crippen LogP contribution < -0.4 is 27.8 Å². The van der Waals surface area contributed by atoms with Crippen molar-refractivity contribution in [1.82, 2.24) is 19.9 Å². The highest BCUT2D eigenvalue weighted by atomic mass is 35.5. The molecule has 0 spiro atoms. The van der Waals surface area contributed by atoms with Gasteiger partial charge in [0.1, 0.15) is 11.5 Å². The SMILES string of the molecule is O=c1[nH]c2c(c(=O)[nH]1)Nc1[nH]c(=O)[nH]c(=O)c1C2c1ccc(Cl)cc1Cl. The number of rotatable bonds is 1. The number of aromatic nitrogens is 4. The first-order chi connectivity index (χ1) is 12.3. The zero-order valence-electron chi connectivity index (χ0n) is 12.7. The van der Waals surface area contributed by atoms with Gasteiger partial charge in [0.15, 0.2) is 0 Å². The molecule has 132 valence electrons. The molecular weight excluding hydrogens is 385 g/mol. The lowest BCUT2D eigenvalue weighted by Gasteiger charge is -2.27. The summed E-state index contributed by atoms with van der Waals surface area (Å²) in [4.78, 5) is 57.3. The lowest BCUT2D eigenvalue weighted by atomic mass is 9.86. The second-order valence-corrected chi connectivity index (χ2v) is 6.46. The maximum Gasteiger partial charge on any atom is 0.327 e. The number of hydrogen-bond acceptors (Lipinski definition) is 5. The third-order valence-corrected chi connectivity index (χ3v) is 4.61. The molecular formula is C15H9Cl2N5O4. The fraction of sp³-hybridized carbons (Fsp3) is 0.0667. The van der Waals surface area contributed by atoms with Gasteiger partial charge in [-0.05, 0) is 17.7 Å². The molecule has 0 saturated heterocycles. The van der Waals surface area contributed by atoms with Crippen LogP contribution in [-0.2, 0) is 0 Å². The molecule has 1 atom stereocenters. The van der Waals surface area contributed by atoms with Crippen LogP contribution in [0.1, 0.15) is 22.7 Å². The Morgan fingerprint density at radius 2 is 1.54 bits per heavy atom. The zero-order valence-corrected chi connectivity index (χ0v) is 14.2. The lowest BCUT2D eigenvalue weighted by molar-refractivity contribution is 0.826. The maximum absolute atomic E-state index is 12.5. The minimum Gasteiger partial charge on any atom is -0.335 e. The van der Waals surface area contributed by atoms with Crippen molar-refractivity contribution in [3.05, 3.63) is 86.7 Å². The van der Waals surface area contributed by atoms with Gasteiger partial charge in [0.05, 0.1) is 17.2 Å². The van der Waals surface area contributed by atoms with Gasteiger partial charge in [0.2, 0.25) is 0 Å². The molecule has 1 aliphatic heterocycles. The monoisotopic (exact) mass is 393 g/mol. The van der Waals surface area contributed by atoms with Gasteiger partial charge in [0.25, 0.3) is 11.1 Å². The van der Waals surface area contributed by atoms with Gasteiger partial charge in [-0.2, -0.15) is 0 Å². The summed E-state index contributed by atoms with van der Waals surface area (Å²) in [5, 5.41) is 3.30. The smallest absolute Gasteiger partial charge is 0.327 e. The van der Waals surface area contributed by atoms with Crippen LogP contribution in [0.15, 0.2) is 37.4 Å².